The van der Waals surface area contributed by atoms with Gasteiger partial charge in [-0.2, -0.15) is 0 Å². The number of methoxy groups -OCH3 is 1. The molecule has 0 aromatic heterocycles. The van der Waals surface area contributed by atoms with Gasteiger partial charge in [-0.05, 0) is 25.3 Å². The van der Waals surface area contributed by atoms with Gasteiger partial charge in [0.15, 0.2) is 0 Å². The second-order valence-corrected chi connectivity index (χ2v) is 3.20. The number of hydrogen-bond acceptors (Lipinski definition) is 3. The van der Waals surface area contributed by atoms with E-state index in [1.54, 1.807) is 0 Å². The van der Waals surface area contributed by atoms with Crippen molar-refractivity contribution in [3.63, 3.8) is 0 Å². The molecule has 70 valence electrons. The van der Waals surface area contributed by atoms with E-state index in [0.717, 1.165) is 6.54 Å². The standard InChI is InChI=1S/C8H15NO3/c1-12-5-7(8(10)11)9-4-6-2-3-6/h6-7,9H,2-5H2,1H3,(H,10,11). The minimum atomic E-state index is -0.836. The van der Waals surface area contributed by atoms with Crippen LogP contribution in [-0.2, 0) is 9.53 Å². The van der Waals surface area contributed by atoms with Crippen LogP contribution in [0.2, 0.25) is 0 Å². The first-order chi connectivity index (χ1) is 5.74. The van der Waals surface area contributed by atoms with Crippen molar-refractivity contribution in [1.82, 2.24) is 5.32 Å². The summed E-state index contributed by atoms with van der Waals surface area (Å²) in [6.45, 7) is 1.04. The zero-order valence-corrected chi connectivity index (χ0v) is 7.25. The highest BCUT2D eigenvalue weighted by atomic mass is 16.5. The Hall–Kier alpha value is -0.610. The molecule has 0 aliphatic heterocycles. The van der Waals surface area contributed by atoms with E-state index in [1.807, 2.05) is 0 Å². The number of carboxylic acid groups (broad SMARTS) is 1. The summed E-state index contributed by atoms with van der Waals surface area (Å²) in [6, 6.07) is -0.546. The van der Waals surface area contributed by atoms with Gasteiger partial charge in [0.25, 0.3) is 0 Å². The third-order valence-electron chi connectivity index (χ3n) is 1.98. The summed E-state index contributed by atoms with van der Waals surface area (Å²) in [5, 5.41) is 11.7. The molecular formula is C8H15NO3. The van der Waals surface area contributed by atoms with E-state index in [0.29, 0.717) is 5.92 Å². The number of carboxylic acids is 1. The van der Waals surface area contributed by atoms with Crippen LogP contribution in [0.5, 0.6) is 0 Å². The fraction of sp³-hybridized carbons (Fsp3) is 0.875. The van der Waals surface area contributed by atoms with Crippen LogP contribution in [0, 0.1) is 5.92 Å². The Morgan fingerprint density at radius 2 is 2.42 bits per heavy atom. The van der Waals surface area contributed by atoms with Crippen molar-refractivity contribution < 1.29 is 14.6 Å². The Bertz CT molecular complexity index is 156. The summed E-state index contributed by atoms with van der Waals surface area (Å²) in [7, 11) is 1.51. The molecule has 0 aromatic carbocycles. The smallest absolute Gasteiger partial charge is 0.323 e. The van der Waals surface area contributed by atoms with Crippen LogP contribution in [0.25, 0.3) is 0 Å². The van der Waals surface area contributed by atoms with Crippen molar-refractivity contribution in [3.05, 3.63) is 0 Å². The molecule has 0 aromatic rings. The molecule has 1 aliphatic rings. The highest BCUT2D eigenvalue weighted by Gasteiger charge is 2.24. The van der Waals surface area contributed by atoms with E-state index in [1.165, 1.54) is 20.0 Å². The van der Waals surface area contributed by atoms with Crippen LogP contribution >= 0.6 is 0 Å². The van der Waals surface area contributed by atoms with Gasteiger partial charge in [-0.1, -0.05) is 0 Å². The Morgan fingerprint density at radius 3 is 2.83 bits per heavy atom. The molecule has 4 nitrogen and oxygen atoms in total. The van der Waals surface area contributed by atoms with Gasteiger partial charge < -0.3 is 15.2 Å². The molecule has 0 amide bonds. The van der Waals surface area contributed by atoms with Crippen LogP contribution in [0.1, 0.15) is 12.8 Å². The van der Waals surface area contributed by atoms with E-state index in [9.17, 15) is 4.79 Å². The second-order valence-electron chi connectivity index (χ2n) is 3.20. The average Bonchev–Trinajstić information content (AvgIpc) is 2.80. The van der Waals surface area contributed by atoms with Crippen molar-refractivity contribution in [2.45, 2.75) is 18.9 Å². The molecule has 1 fully saturated rings. The predicted molar refractivity (Wildman–Crippen MR) is 44.0 cm³/mol. The van der Waals surface area contributed by atoms with Crippen LogP contribution in [0.15, 0.2) is 0 Å². The van der Waals surface area contributed by atoms with Gasteiger partial charge in [0.2, 0.25) is 0 Å². The fourth-order valence-corrected chi connectivity index (χ4v) is 1.02. The van der Waals surface area contributed by atoms with Gasteiger partial charge in [-0.25, -0.2) is 0 Å². The maximum absolute atomic E-state index is 10.6. The summed E-state index contributed by atoms with van der Waals surface area (Å²) < 4.78 is 4.77. The number of aliphatic carboxylic acids is 1. The van der Waals surface area contributed by atoms with Crippen molar-refractivity contribution >= 4 is 5.97 Å². The lowest BCUT2D eigenvalue weighted by Gasteiger charge is -2.12. The van der Waals surface area contributed by atoms with Gasteiger partial charge in [0, 0.05) is 7.11 Å². The maximum Gasteiger partial charge on any atom is 0.323 e. The lowest BCUT2D eigenvalue weighted by atomic mass is 10.3. The molecule has 2 N–H and O–H groups in total. The third-order valence-corrected chi connectivity index (χ3v) is 1.98. The van der Waals surface area contributed by atoms with Crippen LogP contribution in [0.3, 0.4) is 0 Å². The maximum atomic E-state index is 10.6. The molecule has 12 heavy (non-hydrogen) atoms. The number of hydrogen-bond donors (Lipinski definition) is 2. The fourth-order valence-electron chi connectivity index (χ4n) is 1.02. The van der Waals surface area contributed by atoms with Crippen LogP contribution < -0.4 is 5.32 Å². The van der Waals surface area contributed by atoms with E-state index in [-0.39, 0.29) is 6.61 Å². The topological polar surface area (TPSA) is 58.6 Å². The van der Waals surface area contributed by atoms with Crippen molar-refractivity contribution in [2.24, 2.45) is 5.92 Å². The van der Waals surface area contributed by atoms with Crippen LogP contribution in [-0.4, -0.2) is 37.4 Å². The lowest BCUT2D eigenvalue weighted by Crippen LogP contribution is -2.41. The predicted octanol–water partition coefficient (Wildman–Crippen LogP) is 0.0856. The Morgan fingerprint density at radius 1 is 1.75 bits per heavy atom. The zero-order valence-electron chi connectivity index (χ0n) is 7.25. The van der Waals surface area contributed by atoms with Crippen molar-refractivity contribution in [2.75, 3.05) is 20.3 Å². The first kappa shape index (κ1) is 9.48. The number of carbonyl (C=O) groups is 1. The molecule has 0 spiro atoms. The van der Waals surface area contributed by atoms with Crippen molar-refractivity contribution in [1.29, 1.82) is 0 Å². The summed E-state index contributed by atoms with van der Waals surface area (Å²) in [4.78, 5) is 10.6. The minimum Gasteiger partial charge on any atom is -0.480 e. The quantitative estimate of drug-likeness (QED) is 0.597. The van der Waals surface area contributed by atoms with E-state index in [4.69, 9.17) is 9.84 Å². The summed E-state index contributed by atoms with van der Waals surface area (Å²) in [5.41, 5.74) is 0. The number of ether oxygens (including phenoxy) is 1. The van der Waals surface area contributed by atoms with Gasteiger partial charge in [-0.3, -0.25) is 4.79 Å². The Kier molecular flexibility index (Phi) is 3.49. The summed E-state index contributed by atoms with van der Waals surface area (Å²) in [6.07, 6.45) is 2.46. The molecule has 0 saturated heterocycles. The summed E-state index contributed by atoms with van der Waals surface area (Å²) >= 11 is 0. The Labute approximate surface area is 71.9 Å². The van der Waals surface area contributed by atoms with Crippen LogP contribution in [0.4, 0.5) is 0 Å². The molecule has 0 heterocycles. The minimum absolute atomic E-state index is 0.238. The monoisotopic (exact) mass is 173 g/mol. The first-order valence-corrected chi connectivity index (χ1v) is 4.19. The highest BCUT2D eigenvalue weighted by molar-refractivity contribution is 5.73. The normalized spacial score (nSPS) is 19.1. The average molecular weight is 173 g/mol. The van der Waals surface area contributed by atoms with Gasteiger partial charge in [-0.15, -0.1) is 0 Å². The van der Waals surface area contributed by atoms with E-state index >= 15 is 0 Å². The molecule has 1 saturated carbocycles. The SMILES string of the molecule is COCC(NCC1CC1)C(=O)O. The molecule has 1 aliphatic carbocycles. The van der Waals surface area contributed by atoms with E-state index in [2.05, 4.69) is 5.32 Å². The van der Waals surface area contributed by atoms with E-state index < -0.39 is 12.0 Å². The lowest BCUT2D eigenvalue weighted by molar-refractivity contribution is -0.140. The Balaban J connectivity index is 2.16. The molecule has 1 rings (SSSR count). The molecule has 1 atom stereocenters. The first-order valence-electron chi connectivity index (χ1n) is 4.19. The summed E-state index contributed by atoms with van der Waals surface area (Å²) in [5.74, 6) is -0.138. The largest absolute Gasteiger partial charge is 0.480 e. The van der Waals surface area contributed by atoms with Crippen molar-refractivity contribution in [3.8, 4) is 0 Å². The number of nitrogens with one attached hydrogen (secondary N) is 1. The molecule has 0 radical (unpaired) electrons. The third kappa shape index (κ3) is 3.19. The molecule has 0 bridgehead atoms. The van der Waals surface area contributed by atoms with Gasteiger partial charge >= 0.3 is 5.97 Å². The molecule has 4 heteroatoms. The zero-order chi connectivity index (χ0) is 8.97. The van der Waals surface area contributed by atoms with Gasteiger partial charge in [0.05, 0.1) is 6.61 Å². The number of rotatable bonds is 6. The molecule has 1 unspecified atom stereocenters. The van der Waals surface area contributed by atoms with Gasteiger partial charge in [0.1, 0.15) is 6.04 Å². The highest BCUT2D eigenvalue weighted by Crippen LogP contribution is 2.27. The second kappa shape index (κ2) is 4.42. The molecular weight excluding hydrogens is 158 g/mol.